The second-order valence-electron chi connectivity index (χ2n) is 4.59. The van der Waals surface area contributed by atoms with Crippen LogP contribution in [0.1, 0.15) is 11.1 Å². The predicted octanol–water partition coefficient (Wildman–Crippen LogP) is 4.27. The van der Waals surface area contributed by atoms with E-state index in [-0.39, 0.29) is 12.4 Å². The number of rotatable bonds is 6. The summed E-state index contributed by atoms with van der Waals surface area (Å²) >= 11 is 3.36. The van der Waals surface area contributed by atoms with Gasteiger partial charge in [0.1, 0.15) is 12.4 Å². The first kappa shape index (κ1) is 17.0. The molecule has 6 heteroatoms. The largest absolute Gasteiger partial charge is 0.493 e. The molecule has 0 heterocycles. The molecule has 120 valence electrons. The van der Waals surface area contributed by atoms with Gasteiger partial charge in [-0.3, -0.25) is 0 Å². The Morgan fingerprint density at radius 2 is 2.09 bits per heavy atom. The summed E-state index contributed by atoms with van der Waals surface area (Å²) in [6, 6.07) is 9.68. The van der Waals surface area contributed by atoms with Gasteiger partial charge in [0.15, 0.2) is 11.5 Å². The molecule has 0 spiro atoms. The Kier molecular flexibility index (Phi) is 5.76. The second-order valence-corrected chi connectivity index (χ2v) is 5.44. The minimum atomic E-state index is -1.04. The van der Waals surface area contributed by atoms with E-state index in [0.29, 0.717) is 27.1 Å². The Hall–Kier alpha value is -2.34. The van der Waals surface area contributed by atoms with Crippen molar-refractivity contribution in [1.82, 2.24) is 0 Å². The minimum absolute atomic E-state index is 0.0476. The van der Waals surface area contributed by atoms with E-state index in [1.165, 1.54) is 19.3 Å². The average Bonchev–Trinajstić information content (AvgIpc) is 2.52. The predicted molar refractivity (Wildman–Crippen MR) is 88.1 cm³/mol. The van der Waals surface area contributed by atoms with Crippen molar-refractivity contribution < 1.29 is 23.8 Å². The van der Waals surface area contributed by atoms with E-state index in [0.717, 1.165) is 6.08 Å². The number of ether oxygens (including phenoxy) is 2. The Morgan fingerprint density at radius 3 is 2.74 bits per heavy atom. The van der Waals surface area contributed by atoms with Crippen molar-refractivity contribution in [2.45, 2.75) is 6.61 Å². The van der Waals surface area contributed by atoms with Crippen LogP contribution in [0.25, 0.3) is 6.08 Å². The summed E-state index contributed by atoms with van der Waals surface area (Å²) in [7, 11) is 1.47. The molecule has 0 saturated heterocycles. The van der Waals surface area contributed by atoms with Gasteiger partial charge in [0, 0.05) is 11.6 Å². The molecule has 0 fully saturated rings. The van der Waals surface area contributed by atoms with Crippen LogP contribution in [0.4, 0.5) is 4.39 Å². The fourth-order valence-corrected chi connectivity index (χ4v) is 2.48. The summed E-state index contributed by atoms with van der Waals surface area (Å²) in [5.74, 6) is -0.549. The Labute approximate surface area is 141 Å². The number of aliphatic carboxylic acids is 1. The van der Waals surface area contributed by atoms with E-state index in [1.807, 2.05) is 0 Å². The molecule has 0 aliphatic carbocycles. The summed E-state index contributed by atoms with van der Waals surface area (Å²) in [6.07, 6.45) is 2.47. The summed E-state index contributed by atoms with van der Waals surface area (Å²) in [6.45, 7) is 0.0476. The number of hydrogen-bond donors (Lipinski definition) is 1. The van der Waals surface area contributed by atoms with Gasteiger partial charge in [0.2, 0.25) is 0 Å². The van der Waals surface area contributed by atoms with Crippen molar-refractivity contribution in [3.8, 4) is 11.5 Å². The lowest BCUT2D eigenvalue weighted by Crippen LogP contribution is -2.01. The number of hydrogen-bond acceptors (Lipinski definition) is 3. The van der Waals surface area contributed by atoms with Crippen LogP contribution < -0.4 is 9.47 Å². The fourth-order valence-electron chi connectivity index (χ4n) is 1.91. The zero-order valence-electron chi connectivity index (χ0n) is 12.3. The van der Waals surface area contributed by atoms with Crippen LogP contribution in [-0.4, -0.2) is 18.2 Å². The number of benzene rings is 2. The van der Waals surface area contributed by atoms with Crippen LogP contribution in [0, 0.1) is 5.82 Å². The Bertz CT molecular complexity index is 743. The summed E-state index contributed by atoms with van der Waals surface area (Å²) in [5.41, 5.74) is 1.06. The molecule has 23 heavy (non-hydrogen) atoms. The van der Waals surface area contributed by atoms with E-state index in [2.05, 4.69) is 15.9 Å². The van der Waals surface area contributed by atoms with Gasteiger partial charge in [-0.15, -0.1) is 0 Å². The van der Waals surface area contributed by atoms with Gasteiger partial charge in [0.05, 0.1) is 11.6 Å². The molecule has 4 nitrogen and oxygen atoms in total. The van der Waals surface area contributed by atoms with Crippen molar-refractivity contribution in [1.29, 1.82) is 0 Å². The Morgan fingerprint density at radius 1 is 1.35 bits per heavy atom. The molecule has 1 N–H and O–H groups in total. The van der Waals surface area contributed by atoms with Gasteiger partial charge < -0.3 is 14.6 Å². The molecular formula is C17H14BrFO4. The molecule has 0 amide bonds. The summed E-state index contributed by atoms with van der Waals surface area (Å²) in [4.78, 5) is 10.6. The van der Waals surface area contributed by atoms with E-state index >= 15 is 0 Å². The lowest BCUT2D eigenvalue weighted by molar-refractivity contribution is -0.131. The number of carboxylic acid groups (broad SMARTS) is 1. The highest BCUT2D eigenvalue weighted by Gasteiger charge is 2.12. The van der Waals surface area contributed by atoms with E-state index in [1.54, 1.807) is 30.3 Å². The normalized spacial score (nSPS) is 10.7. The lowest BCUT2D eigenvalue weighted by Gasteiger charge is -2.14. The fraction of sp³-hybridized carbons (Fsp3) is 0.118. The number of halogens is 2. The zero-order chi connectivity index (χ0) is 16.8. The summed E-state index contributed by atoms with van der Waals surface area (Å²) < 4.78 is 25.1. The van der Waals surface area contributed by atoms with Crippen LogP contribution in [0.2, 0.25) is 0 Å². The smallest absolute Gasteiger partial charge is 0.328 e. The molecule has 0 aromatic heterocycles. The van der Waals surface area contributed by atoms with Crippen LogP contribution >= 0.6 is 15.9 Å². The summed E-state index contributed by atoms with van der Waals surface area (Å²) in [5, 5.41) is 8.67. The minimum Gasteiger partial charge on any atom is -0.493 e. The molecule has 2 aromatic rings. The average molecular weight is 381 g/mol. The zero-order valence-corrected chi connectivity index (χ0v) is 13.8. The molecule has 2 rings (SSSR count). The third-order valence-electron chi connectivity index (χ3n) is 3.00. The number of methoxy groups -OCH3 is 1. The molecule has 0 saturated carbocycles. The number of carbonyl (C=O) groups is 1. The first-order chi connectivity index (χ1) is 11.0. The van der Waals surface area contributed by atoms with Crippen molar-refractivity contribution in [3.63, 3.8) is 0 Å². The van der Waals surface area contributed by atoms with Crippen molar-refractivity contribution >= 4 is 28.0 Å². The molecule has 0 aliphatic rings. The molecule has 0 radical (unpaired) electrons. The molecule has 0 unspecified atom stereocenters. The van der Waals surface area contributed by atoms with E-state index in [4.69, 9.17) is 14.6 Å². The quantitative estimate of drug-likeness (QED) is 0.760. The topological polar surface area (TPSA) is 55.8 Å². The molecule has 0 aliphatic heterocycles. The highest BCUT2D eigenvalue weighted by atomic mass is 79.9. The van der Waals surface area contributed by atoms with Crippen molar-refractivity contribution in [2.24, 2.45) is 0 Å². The first-order valence-corrected chi connectivity index (χ1v) is 7.45. The maximum absolute atomic E-state index is 13.6. The van der Waals surface area contributed by atoms with Gasteiger partial charge in [-0.05, 0) is 45.8 Å². The molecule has 0 atom stereocenters. The first-order valence-electron chi connectivity index (χ1n) is 6.66. The lowest BCUT2D eigenvalue weighted by atomic mass is 10.2. The third-order valence-corrected chi connectivity index (χ3v) is 3.59. The Balaban J connectivity index is 2.24. The molecule has 0 bridgehead atoms. The maximum Gasteiger partial charge on any atom is 0.328 e. The maximum atomic E-state index is 13.6. The van der Waals surface area contributed by atoms with Gasteiger partial charge >= 0.3 is 5.97 Å². The van der Waals surface area contributed by atoms with Gasteiger partial charge in [-0.25, -0.2) is 9.18 Å². The molecule has 2 aromatic carbocycles. The van der Waals surface area contributed by atoms with Gasteiger partial charge in [-0.2, -0.15) is 0 Å². The van der Waals surface area contributed by atoms with Crippen LogP contribution in [0.15, 0.2) is 46.9 Å². The second kappa shape index (κ2) is 7.78. The van der Waals surface area contributed by atoms with Crippen molar-refractivity contribution in [3.05, 3.63) is 63.9 Å². The van der Waals surface area contributed by atoms with Gasteiger partial charge in [0.25, 0.3) is 0 Å². The highest BCUT2D eigenvalue weighted by Crippen LogP contribution is 2.37. The van der Waals surface area contributed by atoms with E-state index < -0.39 is 5.97 Å². The molecular weight excluding hydrogens is 367 g/mol. The monoisotopic (exact) mass is 380 g/mol. The van der Waals surface area contributed by atoms with Crippen LogP contribution in [0.3, 0.4) is 0 Å². The van der Waals surface area contributed by atoms with Crippen molar-refractivity contribution in [2.75, 3.05) is 7.11 Å². The standard InChI is InChI=1S/C17H14BrFO4/c1-22-15-9-11(6-7-16(20)21)8-13(18)17(15)23-10-12-4-2-3-5-14(12)19/h2-9H,10H2,1H3,(H,20,21)/b7-6+. The van der Waals surface area contributed by atoms with Crippen LogP contribution in [0.5, 0.6) is 11.5 Å². The van der Waals surface area contributed by atoms with Crippen LogP contribution in [-0.2, 0) is 11.4 Å². The van der Waals surface area contributed by atoms with Gasteiger partial charge in [-0.1, -0.05) is 18.2 Å². The SMILES string of the molecule is COc1cc(/C=C/C(=O)O)cc(Br)c1OCc1ccccc1F. The highest BCUT2D eigenvalue weighted by molar-refractivity contribution is 9.10. The number of carboxylic acids is 1. The third kappa shape index (κ3) is 4.56. The van der Waals surface area contributed by atoms with E-state index in [9.17, 15) is 9.18 Å².